The predicted molar refractivity (Wildman–Crippen MR) is 119 cm³/mol. The summed E-state index contributed by atoms with van der Waals surface area (Å²) in [5.41, 5.74) is 5.11. The molecule has 1 aromatic heterocycles. The number of nitrogens with one attached hydrogen (secondary N) is 1. The van der Waals surface area contributed by atoms with E-state index >= 15 is 0 Å². The van der Waals surface area contributed by atoms with E-state index in [2.05, 4.69) is 10.5 Å². The molecule has 0 saturated carbocycles. The molecule has 1 heterocycles. The van der Waals surface area contributed by atoms with E-state index in [-0.39, 0.29) is 23.8 Å². The largest absolute Gasteiger partial charge is 0.453 e. The van der Waals surface area contributed by atoms with Crippen LogP contribution in [0.4, 0.5) is 5.69 Å². The monoisotopic (exact) mass is 447 g/mol. The van der Waals surface area contributed by atoms with Crippen LogP contribution in [-0.4, -0.2) is 22.5 Å². The van der Waals surface area contributed by atoms with Gasteiger partial charge in [0, 0.05) is 29.7 Å². The number of carbonyl (C=O) groups excluding carboxylic acids is 2. The van der Waals surface area contributed by atoms with Crippen LogP contribution in [0.1, 0.15) is 45.8 Å². The Balaban J connectivity index is 1.47. The molecule has 0 unspecified atom stereocenters. The van der Waals surface area contributed by atoms with Crippen LogP contribution in [0.2, 0.25) is 0 Å². The van der Waals surface area contributed by atoms with Crippen molar-refractivity contribution in [3.63, 3.8) is 0 Å². The minimum Gasteiger partial charge on any atom is -0.453 e. The molecule has 0 fully saturated rings. The lowest BCUT2D eigenvalue weighted by Gasteiger charge is -2.13. The van der Waals surface area contributed by atoms with Gasteiger partial charge in [0.15, 0.2) is 0 Å². The third kappa shape index (κ3) is 4.98. The first-order valence-electron chi connectivity index (χ1n) is 10.4. The van der Waals surface area contributed by atoms with Crippen LogP contribution >= 0.6 is 0 Å². The molecule has 9 heteroatoms. The number of benzene rings is 2. The highest BCUT2D eigenvalue weighted by Crippen LogP contribution is 2.30. The molecule has 0 radical (unpaired) electrons. The molecule has 9 nitrogen and oxygen atoms in total. The fourth-order valence-electron chi connectivity index (χ4n) is 3.71. The van der Waals surface area contributed by atoms with Crippen molar-refractivity contribution in [1.29, 1.82) is 0 Å². The van der Waals surface area contributed by atoms with E-state index in [1.807, 2.05) is 6.07 Å². The van der Waals surface area contributed by atoms with Crippen LogP contribution < -0.4 is 10.2 Å². The molecule has 1 amide bonds. The lowest BCUT2D eigenvalue weighted by Crippen LogP contribution is -2.23. The number of hydrazone groups is 1. The van der Waals surface area contributed by atoms with Crippen LogP contribution in [-0.2, 0) is 17.6 Å². The summed E-state index contributed by atoms with van der Waals surface area (Å²) in [6, 6.07) is 14.5. The lowest BCUT2D eigenvalue weighted by atomic mass is 9.93. The Morgan fingerprint density at radius 2 is 1.85 bits per heavy atom. The van der Waals surface area contributed by atoms with Gasteiger partial charge in [-0.3, -0.25) is 14.9 Å². The molecule has 168 valence electrons. The van der Waals surface area contributed by atoms with Gasteiger partial charge in [0.05, 0.1) is 17.1 Å². The average molecular weight is 447 g/mol. The van der Waals surface area contributed by atoms with Crippen molar-refractivity contribution in [1.82, 2.24) is 5.43 Å². The van der Waals surface area contributed by atoms with Gasteiger partial charge in [-0.05, 0) is 37.5 Å². The van der Waals surface area contributed by atoms with Crippen molar-refractivity contribution in [2.75, 3.05) is 0 Å². The standard InChI is InChI=1S/C24H21N3O6/c1-15-22-19(25-26-21(28)14-16-10-12-17(13-11-16)27(30)31)8-5-9-20(22)33-23(15)24(29)32-18-6-3-2-4-7-18/h2-4,6-7,10-13H,5,8-9,14H2,1H3,(H,26,28)/b25-19+. The number of para-hydroxylation sites is 1. The highest BCUT2D eigenvalue weighted by molar-refractivity contribution is 6.06. The molecule has 0 spiro atoms. The Morgan fingerprint density at radius 3 is 2.55 bits per heavy atom. The van der Waals surface area contributed by atoms with Crippen LogP contribution in [0.25, 0.3) is 0 Å². The van der Waals surface area contributed by atoms with E-state index in [9.17, 15) is 19.7 Å². The van der Waals surface area contributed by atoms with Crippen molar-refractivity contribution in [3.05, 3.63) is 92.9 Å². The number of esters is 1. The van der Waals surface area contributed by atoms with Crippen LogP contribution in [0.5, 0.6) is 5.75 Å². The van der Waals surface area contributed by atoms with E-state index in [4.69, 9.17) is 9.15 Å². The molecular weight excluding hydrogens is 426 g/mol. The quantitative estimate of drug-likeness (QED) is 0.262. The summed E-state index contributed by atoms with van der Waals surface area (Å²) < 4.78 is 11.2. The molecule has 4 rings (SSSR count). The number of carbonyl (C=O) groups is 2. The number of nitro benzene ring substituents is 1. The number of non-ortho nitro benzene ring substituents is 1. The van der Waals surface area contributed by atoms with E-state index in [1.165, 1.54) is 24.3 Å². The third-order valence-corrected chi connectivity index (χ3v) is 5.29. The van der Waals surface area contributed by atoms with Crippen LogP contribution in [0, 0.1) is 17.0 Å². The summed E-state index contributed by atoms with van der Waals surface area (Å²) >= 11 is 0. The van der Waals surface area contributed by atoms with Gasteiger partial charge in [0.25, 0.3) is 5.69 Å². The lowest BCUT2D eigenvalue weighted by molar-refractivity contribution is -0.384. The maximum atomic E-state index is 12.6. The highest BCUT2D eigenvalue weighted by Gasteiger charge is 2.29. The molecule has 2 aromatic carbocycles. The average Bonchev–Trinajstić information content (AvgIpc) is 3.16. The van der Waals surface area contributed by atoms with Crippen molar-refractivity contribution >= 4 is 23.3 Å². The van der Waals surface area contributed by atoms with Gasteiger partial charge in [-0.15, -0.1) is 0 Å². The Hall–Kier alpha value is -4.27. The second-order valence-electron chi connectivity index (χ2n) is 7.60. The van der Waals surface area contributed by atoms with Gasteiger partial charge in [-0.1, -0.05) is 30.3 Å². The Kier molecular flexibility index (Phi) is 6.30. The zero-order valence-corrected chi connectivity index (χ0v) is 17.9. The molecule has 0 aliphatic heterocycles. The van der Waals surface area contributed by atoms with Crippen molar-refractivity contribution in [2.45, 2.75) is 32.6 Å². The zero-order valence-electron chi connectivity index (χ0n) is 17.9. The number of fused-ring (bicyclic) bond motifs is 1. The van der Waals surface area contributed by atoms with Gasteiger partial charge < -0.3 is 9.15 Å². The minimum absolute atomic E-state index is 0.0284. The van der Waals surface area contributed by atoms with E-state index < -0.39 is 10.9 Å². The van der Waals surface area contributed by atoms with Crippen LogP contribution in [0.3, 0.4) is 0 Å². The van der Waals surface area contributed by atoms with Gasteiger partial charge in [-0.2, -0.15) is 5.10 Å². The van der Waals surface area contributed by atoms with E-state index in [1.54, 1.807) is 31.2 Å². The molecular formula is C24H21N3O6. The molecule has 0 bridgehead atoms. The first-order chi connectivity index (χ1) is 15.9. The van der Waals surface area contributed by atoms with Gasteiger partial charge in [-0.25, -0.2) is 10.2 Å². The molecule has 3 aromatic rings. The van der Waals surface area contributed by atoms with Crippen LogP contribution in [0.15, 0.2) is 64.1 Å². The number of nitrogens with zero attached hydrogens (tertiary/aromatic N) is 2. The molecule has 1 N–H and O–H groups in total. The molecule has 1 aliphatic rings. The SMILES string of the molecule is Cc1c(C(=O)Oc2ccccc2)oc2c1/C(=N/NC(=O)Cc1ccc([N+](=O)[O-])cc1)CCC2. The number of amides is 1. The van der Waals surface area contributed by atoms with Crippen molar-refractivity contribution < 1.29 is 23.7 Å². The first-order valence-corrected chi connectivity index (χ1v) is 10.4. The number of aryl methyl sites for hydroxylation is 1. The summed E-state index contributed by atoms with van der Waals surface area (Å²) in [5.74, 6) is 0.240. The third-order valence-electron chi connectivity index (χ3n) is 5.29. The highest BCUT2D eigenvalue weighted by atomic mass is 16.6. The number of nitro groups is 1. The number of ether oxygens (including phenoxy) is 1. The summed E-state index contributed by atoms with van der Waals surface area (Å²) in [6.07, 6.45) is 2.08. The maximum absolute atomic E-state index is 12.6. The number of furan rings is 1. The fraction of sp³-hybridized carbons (Fsp3) is 0.208. The first kappa shape index (κ1) is 21.9. The smallest absolute Gasteiger partial charge is 0.379 e. The van der Waals surface area contributed by atoms with Crippen molar-refractivity contribution in [3.8, 4) is 5.75 Å². The van der Waals surface area contributed by atoms with E-state index in [0.29, 0.717) is 41.2 Å². The summed E-state index contributed by atoms with van der Waals surface area (Å²) in [4.78, 5) is 35.2. The number of hydrogen-bond acceptors (Lipinski definition) is 7. The molecule has 33 heavy (non-hydrogen) atoms. The predicted octanol–water partition coefficient (Wildman–Crippen LogP) is 4.11. The number of hydrogen-bond donors (Lipinski definition) is 1. The summed E-state index contributed by atoms with van der Waals surface area (Å²) in [5, 5.41) is 15.0. The van der Waals surface area contributed by atoms with E-state index in [0.717, 1.165) is 12.0 Å². The minimum atomic E-state index is -0.588. The van der Waals surface area contributed by atoms with Gasteiger partial charge in [0.2, 0.25) is 11.7 Å². The topological polar surface area (TPSA) is 124 Å². The Morgan fingerprint density at radius 1 is 1.12 bits per heavy atom. The Bertz CT molecular complexity index is 1230. The molecule has 0 saturated heterocycles. The summed E-state index contributed by atoms with van der Waals surface area (Å²) in [6.45, 7) is 1.77. The van der Waals surface area contributed by atoms with Crippen molar-refractivity contribution in [2.24, 2.45) is 5.10 Å². The second-order valence-corrected chi connectivity index (χ2v) is 7.60. The fourth-order valence-corrected chi connectivity index (χ4v) is 3.71. The normalized spacial score (nSPS) is 13.9. The number of rotatable bonds is 6. The second kappa shape index (κ2) is 9.47. The Labute approximate surface area is 189 Å². The zero-order chi connectivity index (χ0) is 23.4. The molecule has 1 aliphatic carbocycles. The molecule has 0 atom stereocenters. The van der Waals surface area contributed by atoms with Gasteiger partial charge >= 0.3 is 5.97 Å². The maximum Gasteiger partial charge on any atom is 0.379 e. The summed E-state index contributed by atoms with van der Waals surface area (Å²) in [7, 11) is 0. The van der Waals surface area contributed by atoms with Gasteiger partial charge in [0.1, 0.15) is 11.5 Å².